The largest absolute Gasteiger partial charge is 0.497 e. The van der Waals surface area contributed by atoms with E-state index in [9.17, 15) is 9.90 Å². The summed E-state index contributed by atoms with van der Waals surface area (Å²) in [6.07, 6.45) is 3.55. The first-order valence-corrected chi connectivity index (χ1v) is 9.66. The maximum absolute atomic E-state index is 11.8. The summed E-state index contributed by atoms with van der Waals surface area (Å²) in [6.45, 7) is 0. The van der Waals surface area contributed by atoms with Crippen LogP contribution in [-0.2, 0) is 20.7 Å². The highest BCUT2D eigenvalue weighted by Gasteiger charge is 2.65. The van der Waals surface area contributed by atoms with Crippen molar-refractivity contribution < 1.29 is 24.1 Å². The molecule has 3 aliphatic carbocycles. The van der Waals surface area contributed by atoms with E-state index in [0.29, 0.717) is 17.8 Å². The number of carbonyl (C=O) groups excluding carboxylic acids is 1. The summed E-state index contributed by atoms with van der Waals surface area (Å²) < 4.78 is 16.8. The molecule has 7 unspecified atom stereocenters. The van der Waals surface area contributed by atoms with Crippen LogP contribution in [0.3, 0.4) is 0 Å². The molecular weight excluding hydrogens is 332 g/mol. The number of esters is 1. The highest BCUT2D eigenvalue weighted by molar-refractivity contribution is 5.74. The van der Waals surface area contributed by atoms with E-state index in [4.69, 9.17) is 14.2 Å². The number of hydrogen-bond acceptors (Lipinski definition) is 5. The van der Waals surface area contributed by atoms with Gasteiger partial charge in [0.25, 0.3) is 0 Å². The Kier molecular flexibility index (Phi) is 3.63. The summed E-state index contributed by atoms with van der Waals surface area (Å²) >= 11 is 0. The lowest BCUT2D eigenvalue weighted by molar-refractivity contribution is -0.142. The molecule has 1 aliphatic heterocycles. The van der Waals surface area contributed by atoms with E-state index in [0.717, 1.165) is 31.4 Å². The lowest BCUT2D eigenvalue weighted by Crippen LogP contribution is -2.49. The molecule has 3 fully saturated rings. The molecule has 0 aromatic heterocycles. The zero-order valence-corrected chi connectivity index (χ0v) is 15.3. The van der Waals surface area contributed by atoms with Gasteiger partial charge in [-0.15, -0.1) is 0 Å². The van der Waals surface area contributed by atoms with E-state index in [1.807, 2.05) is 6.07 Å². The minimum Gasteiger partial charge on any atom is -0.497 e. The van der Waals surface area contributed by atoms with Crippen molar-refractivity contribution in [2.24, 2.45) is 17.8 Å². The molecule has 0 amide bonds. The van der Waals surface area contributed by atoms with Crippen LogP contribution in [0.15, 0.2) is 18.2 Å². The van der Waals surface area contributed by atoms with Crippen molar-refractivity contribution in [3.63, 3.8) is 0 Å². The first kappa shape index (κ1) is 16.6. The van der Waals surface area contributed by atoms with Crippen molar-refractivity contribution in [3.8, 4) is 5.75 Å². The number of ether oxygens (including phenoxy) is 3. The van der Waals surface area contributed by atoms with Gasteiger partial charge in [-0.1, -0.05) is 6.07 Å². The third-order valence-corrected chi connectivity index (χ3v) is 7.56. The number of aryl methyl sites for hydroxylation is 1. The first-order valence-electron chi connectivity index (χ1n) is 9.66. The molecule has 1 N–H and O–H groups in total. The van der Waals surface area contributed by atoms with Crippen molar-refractivity contribution in [3.05, 3.63) is 29.3 Å². The Balaban J connectivity index is 1.53. The summed E-state index contributed by atoms with van der Waals surface area (Å²) in [7, 11) is 3.47. The SMILES string of the molecule is COc1ccc2c(c1)CCC1C3CC4OC(=O)CC4(O)C3CC(OC)C21. The minimum atomic E-state index is -0.996. The van der Waals surface area contributed by atoms with E-state index >= 15 is 0 Å². The predicted molar refractivity (Wildman–Crippen MR) is 94.0 cm³/mol. The average Bonchev–Trinajstić information content (AvgIpc) is 3.08. The van der Waals surface area contributed by atoms with Gasteiger partial charge in [0.15, 0.2) is 0 Å². The predicted octanol–water partition coefficient (Wildman–Crippen LogP) is 2.44. The third-order valence-electron chi connectivity index (χ3n) is 7.56. The minimum absolute atomic E-state index is 0.0622. The number of benzene rings is 1. The first-order chi connectivity index (χ1) is 12.5. The van der Waals surface area contributed by atoms with Crippen molar-refractivity contribution >= 4 is 5.97 Å². The van der Waals surface area contributed by atoms with Crippen LogP contribution >= 0.6 is 0 Å². The monoisotopic (exact) mass is 358 g/mol. The smallest absolute Gasteiger partial charge is 0.309 e. The zero-order valence-electron chi connectivity index (χ0n) is 15.3. The fourth-order valence-corrected chi connectivity index (χ4v) is 6.48. The molecule has 5 rings (SSSR count). The van der Waals surface area contributed by atoms with Crippen LogP contribution in [0.25, 0.3) is 0 Å². The van der Waals surface area contributed by atoms with Gasteiger partial charge in [0, 0.05) is 13.0 Å². The topological polar surface area (TPSA) is 65.0 Å². The van der Waals surface area contributed by atoms with Crippen LogP contribution in [-0.4, -0.2) is 43.1 Å². The lowest BCUT2D eigenvalue weighted by atomic mass is 9.58. The lowest BCUT2D eigenvalue weighted by Gasteiger charge is -2.49. The molecule has 1 aromatic carbocycles. The van der Waals surface area contributed by atoms with Crippen molar-refractivity contribution in [2.45, 2.75) is 55.8 Å². The number of hydrogen-bond donors (Lipinski definition) is 1. The number of rotatable bonds is 2. The second-order valence-corrected chi connectivity index (χ2v) is 8.46. The van der Waals surface area contributed by atoms with Crippen molar-refractivity contribution in [1.29, 1.82) is 0 Å². The Morgan fingerprint density at radius 2 is 2.08 bits per heavy atom. The molecule has 0 bridgehead atoms. The molecule has 26 heavy (non-hydrogen) atoms. The normalized spacial score (nSPS) is 43.1. The standard InChI is InChI=1S/C21H26O5/c1-24-12-4-6-13-11(7-12)3-5-14-15-8-18-21(23,10-19(22)26-18)16(15)9-17(25-2)20(13)14/h4,6-7,14-18,20,23H,3,5,8-10H2,1-2H3. The third kappa shape index (κ3) is 2.13. The van der Waals surface area contributed by atoms with Gasteiger partial charge in [0.1, 0.15) is 17.5 Å². The molecule has 5 heteroatoms. The summed E-state index contributed by atoms with van der Waals surface area (Å²) in [5, 5.41) is 11.2. The number of carbonyl (C=O) groups is 1. The summed E-state index contributed by atoms with van der Waals surface area (Å²) in [4.78, 5) is 11.8. The van der Waals surface area contributed by atoms with Crippen LogP contribution in [0.1, 0.15) is 42.7 Å². The van der Waals surface area contributed by atoms with Crippen LogP contribution in [0.5, 0.6) is 5.75 Å². The van der Waals surface area contributed by atoms with Gasteiger partial charge in [-0.25, -0.2) is 0 Å². The number of aliphatic hydroxyl groups is 1. The molecular formula is C21H26O5. The number of methoxy groups -OCH3 is 2. The van der Waals surface area contributed by atoms with Crippen LogP contribution in [0, 0.1) is 17.8 Å². The second kappa shape index (κ2) is 5.70. The van der Waals surface area contributed by atoms with E-state index in [2.05, 4.69) is 12.1 Å². The zero-order chi connectivity index (χ0) is 18.1. The molecule has 1 saturated heterocycles. The molecule has 1 aromatic rings. The molecule has 0 radical (unpaired) electrons. The fraction of sp³-hybridized carbons (Fsp3) is 0.667. The van der Waals surface area contributed by atoms with Gasteiger partial charge >= 0.3 is 5.97 Å². The van der Waals surface area contributed by atoms with Gasteiger partial charge in [-0.3, -0.25) is 4.79 Å². The van der Waals surface area contributed by atoms with Gasteiger partial charge in [-0.2, -0.15) is 0 Å². The number of fused-ring (bicyclic) bond motifs is 7. The van der Waals surface area contributed by atoms with Gasteiger partial charge in [0.05, 0.1) is 19.6 Å². The summed E-state index contributed by atoms with van der Waals surface area (Å²) in [5.41, 5.74) is 1.73. The van der Waals surface area contributed by atoms with Crippen LogP contribution in [0.4, 0.5) is 0 Å². The van der Waals surface area contributed by atoms with Crippen molar-refractivity contribution in [2.75, 3.05) is 14.2 Å². The quantitative estimate of drug-likeness (QED) is 0.823. The van der Waals surface area contributed by atoms with E-state index in [1.165, 1.54) is 11.1 Å². The highest BCUT2D eigenvalue weighted by atomic mass is 16.6. The Bertz CT molecular complexity index is 746. The summed E-state index contributed by atoms with van der Waals surface area (Å²) in [5.74, 6) is 1.94. The van der Waals surface area contributed by atoms with E-state index < -0.39 is 5.60 Å². The Morgan fingerprint density at radius 3 is 2.85 bits per heavy atom. The van der Waals surface area contributed by atoms with E-state index in [1.54, 1.807) is 14.2 Å². The molecule has 1 heterocycles. The van der Waals surface area contributed by atoms with Gasteiger partial charge < -0.3 is 19.3 Å². The van der Waals surface area contributed by atoms with Crippen LogP contribution in [0.2, 0.25) is 0 Å². The molecule has 7 atom stereocenters. The molecule has 0 spiro atoms. The fourth-order valence-electron chi connectivity index (χ4n) is 6.48. The second-order valence-electron chi connectivity index (χ2n) is 8.46. The summed E-state index contributed by atoms with van der Waals surface area (Å²) in [6, 6.07) is 6.39. The Morgan fingerprint density at radius 1 is 1.23 bits per heavy atom. The average molecular weight is 358 g/mol. The maximum Gasteiger partial charge on any atom is 0.309 e. The molecule has 140 valence electrons. The molecule has 4 aliphatic rings. The molecule has 2 saturated carbocycles. The van der Waals surface area contributed by atoms with Crippen molar-refractivity contribution in [1.82, 2.24) is 0 Å². The van der Waals surface area contributed by atoms with Crippen LogP contribution < -0.4 is 4.74 Å². The van der Waals surface area contributed by atoms with Gasteiger partial charge in [0.2, 0.25) is 0 Å². The highest BCUT2D eigenvalue weighted by Crippen LogP contribution is 2.61. The van der Waals surface area contributed by atoms with Gasteiger partial charge in [-0.05, 0) is 66.7 Å². The Labute approximate surface area is 153 Å². The molecule has 5 nitrogen and oxygen atoms in total. The van der Waals surface area contributed by atoms with E-state index in [-0.39, 0.29) is 30.5 Å². The Hall–Kier alpha value is -1.59. The maximum atomic E-state index is 11.8.